The van der Waals surface area contributed by atoms with E-state index in [1.54, 1.807) is 12.1 Å². The first-order valence-corrected chi connectivity index (χ1v) is 5.66. The summed E-state index contributed by atoms with van der Waals surface area (Å²) in [5, 5.41) is 7.32. The second kappa shape index (κ2) is 4.49. The van der Waals surface area contributed by atoms with Gasteiger partial charge in [-0.3, -0.25) is 0 Å². The molecule has 0 amide bonds. The Balaban J connectivity index is 1.87. The van der Waals surface area contributed by atoms with Gasteiger partial charge in [0, 0.05) is 6.54 Å². The minimum atomic E-state index is -0.329. The first-order chi connectivity index (χ1) is 8.84. The number of rotatable bonds is 3. The zero-order valence-electron chi connectivity index (χ0n) is 9.56. The van der Waals surface area contributed by atoms with Gasteiger partial charge in [0.25, 0.3) is 0 Å². The second-order valence-corrected chi connectivity index (χ2v) is 3.98. The molecule has 0 atom stereocenters. The van der Waals surface area contributed by atoms with Gasteiger partial charge in [-0.05, 0) is 17.7 Å². The summed E-state index contributed by atoms with van der Waals surface area (Å²) in [4.78, 5) is 0. The summed E-state index contributed by atoms with van der Waals surface area (Å²) >= 11 is 0. The molecule has 0 aliphatic rings. The molecule has 0 aliphatic carbocycles. The summed E-state index contributed by atoms with van der Waals surface area (Å²) in [6.07, 6.45) is 0. The highest BCUT2D eigenvalue weighted by Gasteiger charge is 2.11. The largest absolute Gasteiger partial charge is 0.363 e. The van der Waals surface area contributed by atoms with E-state index in [0.717, 1.165) is 5.56 Å². The lowest BCUT2D eigenvalue weighted by Gasteiger charge is -2.02. The molecule has 0 aliphatic heterocycles. The van der Waals surface area contributed by atoms with Crippen molar-refractivity contribution in [2.24, 2.45) is 0 Å². The lowest BCUT2D eigenvalue weighted by Crippen LogP contribution is -1.99. The van der Waals surface area contributed by atoms with Crippen molar-refractivity contribution in [1.29, 1.82) is 0 Å². The number of hydrogen-bond donors (Lipinski definition) is 1. The van der Waals surface area contributed by atoms with Crippen molar-refractivity contribution in [1.82, 2.24) is 5.16 Å². The molecule has 1 aromatic heterocycles. The maximum atomic E-state index is 13.7. The number of aromatic nitrogens is 1. The van der Waals surface area contributed by atoms with Gasteiger partial charge in [-0.25, -0.2) is 4.39 Å². The zero-order valence-corrected chi connectivity index (χ0v) is 9.56. The van der Waals surface area contributed by atoms with E-state index in [2.05, 4.69) is 10.5 Å². The van der Waals surface area contributed by atoms with E-state index < -0.39 is 0 Å². The Morgan fingerprint density at radius 2 is 1.89 bits per heavy atom. The fourth-order valence-corrected chi connectivity index (χ4v) is 1.85. The Labute approximate surface area is 103 Å². The number of hydrogen-bond acceptors (Lipinski definition) is 3. The van der Waals surface area contributed by atoms with Gasteiger partial charge in [-0.2, -0.15) is 0 Å². The van der Waals surface area contributed by atoms with E-state index >= 15 is 0 Å². The summed E-state index contributed by atoms with van der Waals surface area (Å²) in [6.45, 7) is 0.580. The van der Waals surface area contributed by atoms with Crippen LogP contribution in [0.5, 0.6) is 0 Å². The van der Waals surface area contributed by atoms with Crippen LogP contribution in [0.25, 0.3) is 11.0 Å². The number of nitrogens with zero attached hydrogens (tertiary/aromatic N) is 1. The summed E-state index contributed by atoms with van der Waals surface area (Å²) < 4.78 is 18.7. The molecule has 0 spiro atoms. The van der Waals surface area contributed by atoms with Crippen molar-refractivity contribution in [3.63, 3.8) is 0 Å². The van der Waals surface area contributed by atoms with E-state index in [4.69, 9.17) is 4.52 Å². The fraction of sp³-hybridized carbons (Fsp3) is 0.0714. The monoisotopic (exact) mass is 242 g/mol. The van der Waals surface area contributed by atoms with E-state index in [-0.39, 0.29) is 5.82 Å². The second-order valence-electron chi connectivity index (χ2n) is 3.98. The molecule has 0 fully saturated rings. The molecule has 0 saturated heterocycles. The van der Waals surface area contributed by atoms with Crippen LogP contribution in [-0.2, 0) is 6.54 Å². The van der Waals surface area contributed by atoms with Crippen LogP contribution in [0.1, 0.15) is 5.56 Å². The Morgan fingerprint density at radius 3 is 2.72 bits per heavy atom. The molecule has 3 rings (SSSR count). The molecule has 1 heterocycles. The molecular formula is C14H11FN2O. The maximum Gasteiger partial charge on any atom is 0.180 e. The number of benzene rings is 2. The SMILES string of the molecule is Fc1cccc2onc(NCc3ccccc3)c12. The van der Waals surface area contributed by atoms with Crippen molar-refractivity contribution in [3.8, 4) is 0 Å². The number of halogens is 1. The quantitative estimate of drug-likeness (QED) is 0.762. The van der Waals surface area contributed by atoms with Gasteiger partial charge in [0.15, 0.2) is 11.4 Å². The van der Waals surface area contributed by atoms with Crippen molar-refractivity contribution < 1.29 is 8.91 Å². The van der Waals surface area contributed by atoms with E-state index in [0.29, 0.717) is 23.3 Å². The van der Waals surface area contributed by atoms with Crippen LogP contribution >= 0.6 is 0 Å². The van der Waals surface area contributed by atoms with Crippen LogP contribution in [0.15, 0.2) is 53.1 Å². The average Bonchev–Trinajstić information content (AvgIpc) is 2.82. The number of fused-ring (bicyclic) bond motifs is 1. The molecule has 90 valence electrons. The zero-order chi connectivity index (χ0) is 12.4. The van der Waals surface area contributed by atoms with Gasteiger partial charge in [-0.15, -0.1) is 0 Å². The van der Waals surface area contributed by atoms with Crippen molar-refractivity contribution in [2.75, 3.05) is 5.32 Å². The molecular weight excluding hydrogens is 231 g/mol. The van der Waals surface area contributed by atoms with Gasteiger partial charge in [0.1, 0.15) is 11.2 Å². The molecule has 3 nitrogen and oxygen atoms in total. The summed E-state index contributed by atoms with van der Waals surface area (Å²) in [5.74, 6) is 0.108. The molecule has 0 radical (unpaired) electrons. The average molecular weight is 242 g/mol. The molecule has 3 aromatic rings. The third-order valence-corrected chi connectivity index (χ3v) is 2.75. The Kier molecular flexibility index (Phi) is 2.68. The summed E-state index contributed by atoms with van der Waals surface area (Å²) in [6, 6.07) is 14.5. The van der Waals surface area contributed by atoms with Gasteiger partial charge >= 0.3 is 0 Å². The fourth-order valence-electron chi connectivity index (χ4n) is 1.85. The predicted octanol–water partition coefficient (Wildman–Crippen LogP) is 3.58. The van der Waals surface area contributed by atoms with Gasteiger partial charge in [0.05, 0.1) is 0 Å². The molecule has 18 heavy (non-hydrogen) atoms. The molecule has 0 bridgehead atoms. The van der Waals surface area contributed by atoms with Gasteiger partial charge in [0.2, 0.25) is 0 Å². The molecule has 0 saturated carbocycles. The van der Waals surface area contributed by atoms with Crippen LogP contribution < -0.4 is 5.32 Å². The Hall–Kier alpha value is -2.36. The smallest absolute Gasteiger partial charge is 0.180 e. The van der Waals surface area contributed by atoms with Gasteiger partial charge in [-0.1, -0.05) is 41.6 Å². The molecule has 0 unspecified atom stereocenters. The van der Waals surface area contributed by atoms with E-state index in [9.17, 15) is 4.39 Å². The third-order valence-electron chi connectivity index (χ3n) is 2.75. The van der Waals surface area contributed by atoms with Crippen LogP contribution in [0.3, 0.4) is 0 Å². The maximum absolute atomic E-state index is 13.7. The lowest BCUT2D eigenvalue weighted by atomic mass is 10.2. The van der Waals surface area contributed by atoms with E-state index in [1.165, 1.54) is 6.07 Å². The number of nitrogens with one attached hydrogen (secondary N) is 1. The van der Waals surface area contributed by atoms with Crippen LogP contribution in [0.2, 0.25) is 0 Å². The minimum absolute atomic E-state index is 0.329. The molecule has 4 heteroatoms. The van der Waals surface area contributed by atoms with Crippen LogP contribution in [0, 0.1) is 5.82 Å². The topological polar surface area (TPSA) is 38.1 Å². The molecule has 1 N–H and O–H groups in total. The number of anilines is 1. The first-order valence-electron chi connectivity index (χ1n) is 5.66. The standard InChI is InChI=1S/C14H11FN2O/c15-11-7-4-8-12-13(11)14(17-18-12)16-9-10-5-2-1-3-6-10/h1-8H,9H2,(H,16,17). The third kappa shape index (κ3) is 1.93. The van der Waals surface area contributed by atoms with Gasteiger partial charge < -0.3 is 9.84 Å². The predicted molar refractivity (Wildman–Crippen MR) is 67.7 cm³/mol. The van der Waals surface area contributed by atoms with E-state index in [1.807, 2.05) is 30.3 Å². The Bertz CT molecular complexity index is 664. The summed E-state index contributed by atoms with van der Waals surface area (Å²) in [7, 11) is 0. The normalized spacial score (nSPS) is 10.7. The highest BCUT2D eigenvalue weighted by molar-refractivity contribution is 5.88. The Morgan fingerprint density at radius 1 is 1.06 bits per heavy atom. The van der Waals surface area contributed by atoms with Crippen LogP contribution in [0.4, 0.5) is 10.2 Å². The highest BCUT2D eigenvalue weighted by atomic mass is 19.1. The van der Waals surface area contributed by atoms with Crippen molar-refractivity contribution in [3.05, 3.63) is 59.9 Å². The lowest BCUT2D eigenvalue weighted by molar-refractivity contribution is 0.459. The first kappa shape index (κ1) is 10.8. The molecule has 2 aromatic carbocycles. The highest BCUT2D eigenvalue weighted by Crippen LogP contribution is 2.25. The van der Waals surface area contributed by atoms with Crippen molar-refractivity contribution >= 4 is 16.8 Å². The van der Waals surface area contributed by atoms with Crippen molar-refractivity contribution in [2.45, 2.75) is 6.54 Å². The summed E-state index contributed by atoms with van der Waals surface area (Å²) in [5.41, 5.74) is 1.55. The minimum Gasteiger partial charge on any atom is -0.363 e. The van der Waals surface area contributed by atoms with Crippen LogP contribution in [-0.4, -0.2) is 5.16 Å².